The fourth-order valence-corrected chi connectivity index (χ4v) is 2.47. The topological polar surface area (TPSA) is 49.3 Å². The van der Waals surface area contributed by atoms with Crippen molar-refractivity contribution in [3.05, 3.63) is 22.4 Å². The van der Waals surface area contributed by atoms with Gasteiger partial charge in [-0.3, -0.25) is 4.79 Å². The number of aliphatic carboxylic acids is 1. The zero-order valence-electron chi connectivity index (χ0n) is 9.82. The summed E-state index contributed by atoms with van der Waals surface area (Å²) in [6.07, 6.45) is 2.12. The molecule has 90 valence electrons. The average Bonchev–Trinajstić information content (AvgIpc) is 2.77. The van der Waals surface area contributed by atoms with Crippen molar-refractivity contribution >= 4 is 17.3 Å². The third-order valence-electron chi connectivity index (χ3n) is 3.03. The van der Waals surface area contributed by atoms with Crippen LogP contribution in [0.5, 0.6) is 0 Å². The Balaban J connectivity index is 2.47. The molecule has 0 aliphatic rings. The summed E-state index contributed by atoms with van der Waals surface area (Å²) in [5.41, 5.74) is -0.753. The number of carbonyl (C=O) groups is 1. The highest BCUT2D eigenvalue weighted by Gasteiger charge is 2.33. The summed E-state index contributed by atoms with van der Waals surface area (Å²) in [4.78, 5) is 12.5. The van der Waals surface area contributed by atoms with Gasteiger partial charge in [0, 0.05) is 11.4 Å². The van der Waals surface area contributed by atoms with Gasteiger partial charge < -0.3 is 10.4 Å². The average molecular weight is 241 g/mol. The molecule has 0 saturated heterocycles. The van der Waals surface area contributed by atoms with Gasteiger partial charge in [0.25, 0.3) is 0 Å². The maximum Gasteiger partial charge on any atom is 0.323 e. The van der Waals surface area contributed by atoms with Gasteiger partial charge in [0.1, 0.15) is 5.54 Å². The minimum atomic E-state index is -0.753. The van der Waals surface area contributed by atoms with Crippen molar-refractivity contribution in [2.75, 3.05) is 6.54 Å². The van der Waals surface area contributed by atoms with Crippen molar-refractivity contribution < 1.29 is 9.90 Å². The lowest BCUT2D eigenvalue weighted by Gasteiger charge is -2.28. The molecule has 1 aromatic rings. The largest absolute Gasteiger partial charge is 0.480 e. The van der Waals surface area contributed by atoms with Crippen LogP contribution in [0, 0.1) is 0 Å². The Morgan fingerprint density at radius 3 is 2.62 bits per heavy atom. The molecule has 4 heteroatoms. The molecular weight excluding hydrogens is 222 g/mol. The van der Waals surface area contributed by atoms with E-state index in [0.717, 1.165) is 6.42 Å². The highest BCUT2D eigenvalue weighted by Crippen LogP contribution is 2.16. The second-order valence-corrected chi connectivity index (χ2v) is 4.88. The van der Waals surface area contributed by atoms with Crippen LogP contribution in [0.25, 0.3) is 0 Å². The molecule has 1 rings (SSSR count). The van der Waals surface area contributed by atoms with Crippen LogP contribution in [0.15, 0.2) is 17.5 Å². The monoisotopic (exact) mass is 241 g/mol. The first-order chi connectivity index (χ1) is 7.64. The Morgan fingerprint density at radius 2 is 2.19 bits per heavy atom. The van der Waals surface area contributed by atoms with Gasteiger partial charge in [-0.2, -0.15) is 0 Å². The minimum absolute atomic E-state index is 0.614. The van der Waals surface area contributed by atoms with E-state index in [4.69, 9.17) is 0 Å². The standard InChI is InChI=1S/C12H19NO2S/c1-3-12(4-2,11(14)15)13-8-7-10-6-5-9-16-10/h5-6,9,13H,3-4,7-8H2,1-2H3,(H,14,15). The molecule has 1 aromatic heterocycles. The molecular formula is C12H19NO2S. The van der Waals surface area contributed by atoms with E-state index in [2.05, 4.69) is 11.4 Å². The smallest absolute Gasteiger partial charge is 0.323 e. The molecule has 3 nitrogen and oxygen atoms in total. The minimum Gasteiger partial charge on any atom is -0.480 e. The lowest BCUT2D eigenvalue weighted by molar-refractivity contribution is -0.145. The molecule has 0 unspecified atom stereocenters. The number of hydrogen-bond acceptors (Lipinski definition) is 3. The fraction of sp³-hybridized carbons (Fsp3) is 0.583. The van der Waals surface area contributed by atoms with E-state index < -0.39 is 11.5 Å². The Labute approximate surface area is 100 Å². The number of thiophene rings is 1. The first-order valence-electron chi connectivity index (χ1n) is 5.65. The summed E-state index contributed by atoms with van der Waals surface area (Å²) < 4.78 is 0. The van der Waals surface area contributed by atoms with Gasteiger partial charge in [0.2, 0.25) is 0 Å². The van der Waals surface area contributed by atoms with Crippen LogP contribution in [0.3, 0.4) is 0 Å². The lowest BCUT2D eigenvalue weighted by atomic mass is 9.93. The van der Waals surface area contributed by atoms with Crippen LogP contribution in [-0.4, -0.2) is 23.2 Å². The first-order valence-corrected chi connectivity index (χ1v) is 6.53. The van der Waals surface area contributed by atoms with Gasteiger partial charge in [-0.15, -0.1) is 11.3 Å². The predicted molar refractivity (Wildman–Crippen MR) is 67.0 cm³/mol. The fourth-order valence-electron chi connectivity index (χ4n) is 1.76. The summed E-state index contributed by atoms with van der Waals surface area (Å²) in [6.45, 7) is 4.54. The Morgan fingerprint density at radius 1 is 1.50 bits per heavy atom. The molecule has 2 N–H and O–H groups in total. The van der Waals surface area contributed by atoms with E-state index in [1.54, 1.807) is 11.3 Å². The zero-order valence-corrected chi connectivity index (χ0v) is 10.6. The number of carboxylic acids is 1. The summed E-state index contributed by atoms with van der Waals surface area (Å²) >= 11 is 1.71. The molecule has 0 amide bonds. The zero-order chi connectivity index (χ0) is 12.0. The third-order valence-corrected chi connectivity index (χ3v) is 3.97. The van der Waals surface area contributed by atoms with Gasteiger partial charge in [-0.25, -0.2) is 0 Å². The number of rotatable bonds is 7. The van der Waals surface area contributed by atoms with E-state index in [0.29, 0.717) is 19.4 Å². The van der Waals surface area contributed by atoms with E-state index in [9.17, 15) is 9.90 Å². The van der Waals surface area contributed by atoms with Crippen LogP contribution in [0.1, 0.15) is 31.6 Å². The van der Waals surface area contributed by atoms with Crippen LogP contribution in [0.4, 0.5) is 0 Å². The normalized spacial score (nSPS) is 11.6. The molecule has 0 bridgehead atoms. The maximum absolute atomic E-state index is 11.2. The van der Waals surface area contributed by atoms with Crippen molar-refractivity contribution in [3.8, 4) is 0 Å². The van der Waals surface area contributed by atoms with E-state index >= 15 is 0 Å². The molecule has 0 atom stereocenters. The molecule has 0 spiro atoms. The van der Waals surface area contributed by atoms with Crippen LogP contribution in [-0.2, 0) is 11.2 Å². The number of carboxylic acid groups (broad SMARTS) is 1. The summed E-state index contributed by atoms with van der Waals surface area (Å²) in [7, 11) is 0. The molecule has 1 heterocycles. The van der Waals surface area contributed by atoms with Crippen molar-refractivity contribution in [2.45, 2.75) is 38.6 Å². The Hall–Kier alpha value is -0.870. The molecule has 16 heavy (non-hydrogen) atoms. The summed E-state index contributed by atoms with van der Waals surface area (Å²) in [5.74, 6) is -0.747. The van der Waals surface area contributed by atoms with Crippen molar-refractivity contribution in [2.24, 2.45) is 0 Å². The molecule has 0 aliphatic carbocycles. The highest BCUT2D eigenvalue weighted by atomic mass is 32.1. The molecule has 0 fully saturated rings. The SMILES string of the molecule is CCC(CC)(NCCc1cccs1)C(=O)O. The van der Waals surface area contributed by atoms with E-state index in [1.165, 1.54) is 4.88 Å². The van der Waals surface area contributed by atoms with E-state index in [1.807, 2.05) is 25.3 Å². The Bertz CT molecular complexity index is 318. The number of hydrogen-bond donors (Lipinski definition) is 2. The molecule has 0 aliphatic heterocycles. The van der Waals surface area contributed by atoms with Gasteiger partial charge in [0.05, 0.1) is 0 Å². The molecule has 0 radical (unpaired) electrons. The third kappa shape index (κ3) is 3.06. The van der Waals surface area contributed by atoms with Gasteiger partial charge in [0.15, 0.2) is 0 Å². The first kappa shape index (κ1) is 13.2. The lowest BCUT2D eigenvalue weighted by Crippen LogP contribution is -2.51. The maximum atomic E-state index is 11.2. The summed E-state index contributed by atoms with van der Waals surface area (Å²) in [5, 5.41) is 14.4. The predicted octanol–water partition coefficient (Wildman–Crippen LogP) is 2.52. The van der Waals surface area contributed by atoms with Crippen LogP contribution >= 0.6 is 11.3 Å². The molecule has 0 aromatic carbocycles. The second kappa shape index (κ2) is 6.01. The van der Waals surface area contributed by atoms with Gasteiger partial charge in [-0.1, -0.05) is 19.9 Å². The molecule has 0 saturated carbocycles. The van der Waals surface area contributed by atoms with Crippen molar-refractivity contribution in [3.63, 3.8) is 0 Å². The highest BCUT2D eigenvalue weighted by molar-refractivity contribution is 7.09. The number of nitrogens with one attached hydrogen (secondary N) is 1. The van der Waals surface area contributed by atoms with Gasteiger partial charge in [-0.05, 0) is 30.7 Å². The van der Waals surface area contributed by atoms with Crippen molar-refractivity contribution in [1.29, 1.82) is 0 Å². The second-order valence-electron chi connectivity index (χ2n) is 3.85. The Kier molecular flexibility index (Phi) is 4.96. The van der Waals surface area contributed by atoms with Crippen LogP contribution in [0.2, 0.25) is 0 Å². The van der Waals surface area contributed by atoms with Crippen molar-refractivity contribution in [1.82, 2.24) is 5.32 Å². The van der Waals surface area contributed by atoms with Gasteiger partial charge >= 0.3 is 5.97 Å². The quantitative estimate of drug-likeness (QED) is 0.771. The van der Waals surface area contributed by atoms with Crippen LogP contribution < -0.4 is 5.32 Å². The van der Waals surface area contributed by atoms with E-state index in [-0.39, 0.29) is 0 Å². The summed E-state index contributed by atoms with van der Waals surface area (Å²) in [6, 6.07) is 4.09.